The molecule has 0 aromatic carbocycles. The van der Waals surface area contributed by atoms with E-state index in [1.807, 2.05) is 0 Å². The van der Waals surface area contributed by atoms with Gasteiger partial charge in [0.2, 0.25) is 0 Å². The van der Waals surface area contributed by atoms with Crippen LogP contribution in [0.15, 0.2) is 35.5 Å². The summed E-state index contributed by atoms with van der Waals surface area (Å²) < 4.78 is 0. The SMILES string of the molecule is CC1CCC(C)(C(=O)C=C(O)C2(C)CCC(C)C2(C)C)C1(C)C.CC1CCC(C)(C(=O)C=C(O)C2(C)CCC(C)C2(C)C)C1(C)C.CC1CCC(C)(C(=O)C=C(O)C2(C)CCC(C)C2(C)C)C1(C)C.[Eu]. The molecule has 0 aliphatic heterocycles. The van der Waals surface area contributed by atoms with Crippen LogP contribution in [0.1, 0.15) is 243 Å². The van der Waals surface area contributed by atoms with Crippen LogP contribution in [0.5, 0.6) is 0 Å². The number of carbonyl (C=O) groups is 3. The minimum Gasteiger partial charge on any atom is -0.512 e. The Morgan fingerprint density at radius 3 is 0.543 bits per heavy atom. The predicted octanol–water partition coefficient (Wildman–Crippen LogP) is 17.8. The van der Waals surface area contributed by atoms with Gasteiger partial charge in [-0.05, 0) is 145 Å². The number of carbonyl (C=O) groups excluding carboxylic acids is 3. The van der Waals surface area contributed by atoms with Crippen molar-refractivity contribution in [3.05, 3.63) is 35.5 Å². The number of allylic oxidation sites excluding steroid dienone is 6. The molecule has 1 radical (unpaired) electrons. The molecule has 6 fully saturated rings. The molecule has 0 aromatic rings. The third kappa shape index (κ3) is 9.82. The fourth-order valence-corrected chi connectivity index (χ4v) is 14.4. The van der Waals surface area contributed by atoms with Gasteiger partial charge in [0, 0.05) is 100 Å². The molecule has 0 bridgehead atoms. The van der Waals surface area contributed by atoms with Gasteiger partial charge in [0.25, 0.3) is 0 Å². The summed E-state index contributed by atoms with van der Waals surface area (Å²) in [4.78, 5) is 39.3. The first-order valence-corrected chi connectivity index (χ1v) is 27.8. The maximum Gasteiger partial charge on any atom is 0.165 e. The Labute approximate surface area is 471 Å². The molecule has 6 aliphatic carbocycles. The zero-order valence-corrected chi connectivity index (χ0v) is 52.1. The first-order chi connectivity index (χ1) is 30.9. The van der Waals surface area contributed by atoms with E-state index in [9.17, 15) is 29.7 Å². The van der Waals surface area contributed by atoms with Crippen molar-refractivity contribution in [2.45, 2.75) is 243 Å². The largest absolute Gasteiger partial charge is 0.512 e. The maximum atomic E-state index is 13.1. The van der Waals surface area contributed by atoms with Crippen LogP contribution in [0, 0.1) is 150 Å². The molecular weight excluding hydrogens is 1000 g/mol. The molecule has 6 aliphatic rings. The van der Waals surface area contributed by atoms with Gasteiger partial charge in [0.15, 0.2) is 17.3 Å². The number of aliphatic hydroxyl groups excluding tert-OH is 3. The van der Waals surface area contributed by atoms with Gasteiger partial charge in [0.1, 0.15) is 17.3 Å². The number of hydrogen-bond donors (Lipinski definition) is 3. The van der Waals surface area contributed by atoms with Crippen molar-refractivity contribution in [3.63, 3.8) is 0 Å². The summed E-state index contributed by atoms with van der Waals surface area (Å²) >= 11 is 0. The van der Waals surface area contributed by atoms with E-state index < -0.39 is 0 Å². The zero-order valence-electron chi connectivity index (χ0n) is 49.6. The Hall–Kier alpha value is -0.786. The van der Waals surface area contributed by atoms with E-state index in [-0.39, 0.29) is 132 Å². The van der Waals surface area contributed by atoms with Gasteiger partial charge in [0.05, 0.1) is 0 Å². The fraction of sp³-hybridized carbons (Fsp3) is 0.857. The first-order valence-electron chi connectivity index (χ1n) is 27.8. The molecular formula is C63H108EuO6. The molecule has 3 N–H and O–H groups in total. The second-order valence-electron chi connectivity index (χ2n) is 29.6. The number of aliphatic hydroxyl groups is 3. The number of ketones is 3. The van der Waals surface area contributed by atoms with Crippen molar-refractivity contribution in [3.8, 4) is 0 Å². The van der Waals surface area contributed by atoms with Crippen LogP contribution in [-0.2, 0) is 14.4 Å². The van der Waals surface area contributed by atoms with E-state index in [0.717, 1.165) is 77.0 Å². The molecule has 6 saturated carbocycles. The summed E-state index contributed by atoms with van der Waals surface area (Å²) in [6, 6.07) is 0. The van der Waals surface area contributed by atoms with Crippen LogP contribution in [0.3, 0.4) is 0 Å². The van der Waals surface area contributed by atoms with E-state index in [4.69, 9.17) is 0 Å². The molecule has 0 amide bonds. The van der Waals surface area contributed by atoms with Crippen LogP contribution in [-0.4, -0.2) is 32.7 Å². The molecule has 0 saturated heterocycles. The van der Waals surface area contributed by atoms with E-state index in [2.05, 4.69) is 166 Å². The molecule has 0 heterocycles. The average molecular weight is 1110 g/mol. The zero-order chi connectivity index (χ0) is 53.5. The monoisotopic (exact) mass is 1110 g/mol. The quantitative estimate of drug-likeness (QED) is 0.157. The Kier molecular flexibility index (Phi) is 18.7. The predicted molar refractivity (Wildman–Crippen MR) is 289 cm³/mol. The normalized spacial score (nSPS) is 42.3. The molecule has 70 heavy (non-hydrogen) atoms. The van der Waals surface area contributed by atoms with E-state index >= 15 is 0 Å². The van der Waals surface area contributed by atoms with Crippen LogP contribution in [0.2, 0.25) is 0 Å². The van der Waals surface area contributed by atoms with Gasteiger partial charge in [-0.25, -0.2) is 0 Å². The van der Waals surface area contributed by atoms with Crippen LogP contribution >= 0.6 is 0 Å². The Morgan fingerprint density at radius 2 is 0.429 bits per heavy atom. The van der Waals surface area contributed by atoms with Crippen LogP contribution < -0.4 is 0 Å². The van der Waals surface area contributed by atoms with Gasteiger partial charge in [-0.1, -0.05) is 166 Å². The molecule has 403 valence electrons. The summed E-state index contributed by atoms with van der Waals surface area (Å²) in [5.41, 5.74) is -2.07. The standard InChI is InChI=1S/3C21H36O2.Eu/c3*1-14-9-11-20(7,18(14,3)4)16(22)13-17(23)21(8)12-10-15(2)19(21,5)6;/h3*13-15,22H,9-12H2,1-8H3;. The first kappa shape index (κ1) is 63.5. The van der Waals surface area contributed by atoms with E-state index in [1.165, 1.54) is 0 Å². The van der Waals surface area contributed by atoms with Crippen molar-refractivity contribution in [1.29, 1.82) is 0 Å². The summed E-state index contributed by atoms with van der Waals surface area (Å²) in [6.45, 7) is 52.7. The molecule has 7 heteroatoms. The molecule has 6 rings (SSSR count). The second-order valence-corrected chi connectivity index (χ2v) is 29.6. The number of rotatable bonds is 9. The third-order valence-corrected chi connectivity index (χ3v) is 26.5. The smallest absolute Gasteiger partial charge is 0.165 e. The second kappa shape index (κ2) is 20.6. The van der Waals surface area contributed by atoms with Gasteiger partial charge >= 0.3 is 0 Å². The van der Waals surface area contributed by atoms with Crippen molar-refractivity contribution in [1.82, 2.24) is 0 Å². The molecule has 12 atom stereocenters. The van der Waals surface area contributed by atoms with Crippen molar-refractivity contribution in [2.24, 2.45) is 100 Å². The summed E-state index contributed by atoms with van der Waals surface area (Å²) in [6.07, 6.45) is 16.9. The van der Waals surface area contributed by atoms with Gasteiger partial charge in [-0.3, -0.25) is 14.4 Å². The van der Waals surface area contributed by atoms with Crippen molar-refractivity contribution < 1.29 is 79.1 Å². The summed E-state index contributed by atoms with van der Waals surface area (Å²) in [5, 5.41) is 32.6. The van der Waals surface area contributed by atoms with Gasteiger partial charge < -0.3 is 15.3 Å². The van der Waals surface area contributed by atoms with E-state index in [1.54, 1.807) is 18.2 Å². The fourth-order valence-electron chi connectivity index (χ4n) is 14.4. The number of hydrogen-bond acceptors (Lipinski definition) is 6. The maximum absolute atomic E-state index is 13.1. The van der Waals surface area contributed by atoms with Crippen molar-refractivity contribution in [2.75, 3.05) is 0 Å². The van der Waals surface area contributed by atoms with Crippen LogP contribution in [0.4, 0.5) is 0 Å². The molecule has 6 nitrogen and oxygen atoms in total. The average Bonchev–Trinajstić information content (AvgIpc) is 3.92. The molecule has 12 unspecified atom stereocenters. The minimum atomic E-state index is -0.370. The summed E-state index contributed by atoms with van der Waals surface area (Å²) in [5.74, 6) is 4.49. The summed E-state index contributed by atoms with van der Waals surface area (Å²) in [7, 11) is 0. The van der Waals surface area contributed by atoms with Gasteiger partial charge in [-0.2, -0.15) is 0 Å². The minimum absolute atomic E-state index is 0. The van der Waals surface area contributed by atoms with Crippen molar-refractivity contribution >= 4 is 17.3 Å². The van der Waals surface area contributed by atoms with Gasteiger partial charge in [-0.15, -0.1) is 0 Å². The van der Waals surface area contributed by atoms with Crippen LogP contribution in [0.25, 0.3) is 0 Å². The van der Waals surface area contributed by atoms with E-state index in [0.29, 0.717) is 52.8 Å². The Morgan fingerprint density at radius 1 is 0.300 bits per heavy atom. The Bertz CT molecular complexity index is 1820. The molecule has 0 spiro atoms. The Balaban J connectivity index is 0.000000276. The molecule has 0 aromatic heterocycles. The third-order valence-electron chi connectivity index (χ3n) is 26.5. The topological polar surface area (TPSA) is 112 Å².